The molecule has 0 aliphatic carbocycles. The van der Waals surface area contributed by atoms with Crippen LogP contribution in [0.4, 0.5) is 0 Å². The Morgan fingerprint density at radius 2 is 2.14 bits per heavy atom. The summed E-state index contributed by atoms with van der Waals surface area (Å²) in [7, 11) is 0. The largest absolute Gasteiger partial charge is 0.842 e. The molecule has 5 nitrogen and oxygen atoms in total. The van der Waals surface area contributed by atoms with Gasteiger partial charge in [0, 0.05) is 6.07 Å². The summed E-state index contributed by atoms with van der Waals surface area (Å²) in [6.45, 7) is 6.64. The molecular weight excluding hydrogens is 290 g/mol. The third-order valence-electron chi connectivity index (χ3n) is 3.34. The lowest BCUT2D eigenvalue weighted by Crippen LogP contribution is -2.46. The zero-order valence-corrected chi connectivity index (χ0v) is 13.4. The molecule has 0 unspecified atom stereocenters. The molecule has 2 rings (SSSR count). The van der Waals surface area contributed by atoms with Crippen molar-refractivity contribution in [1.29, 1.82) is 0 Å². The first-order valence-electron chi connectivity index (χ1n) is 7.27. The minimum absolute atomic E-state index is 0.203. The lowest BCUT2D eigenvalue weighted by Gasteiger charge is -2.17. The van der Waals surface area contributed by atoms with Crippen molar-refractivity contribution in [1.82, 2.24) is 9.61 Å². The quantitative estimate of drug-likeness (QED) is 0.790. The second-order valence-corrected chi connectivity index (χ2v) is 6.01. The van der Waals surface area contributed by atoms with Gasteiger partial charge >= 0.3 is 11.2 Å². The summed E-state index contributed by atoms with van der Waals surface area (Å²) in [6, 6.07) is 3.27. The Bertz CT molecular complexity index is 710. The molecule has 0 amide bonds. The molecule has 0 aromatic carbocycles. The van der Waals surface area contributed by atoms with E-state index in [-0.39, 0.29) is 16.6 Å². The van der Waals surface area contributed by atoms with Crippen LogP contribution in [0, 0.1) is 5.92 Å². The molecule has 6 heteroatoms. The van der Waals surface area contributed by atoms with E-state index in [1.165, 1.54) is 4.52 Å². The van der Waals surface area contributed by atoms with Gasteiger partial charge in [-0.15, -0.1) is 0 Å². The van der Waals surface area contributed by atoms with Gasteiger partial charge in [0.1, 0.15) is 0 Å². The van der Waals surface area contributed by atoms with Crippen molar-refractivity contribution in [3.63, 3.8) is 0 Å². The van der Waals surface area contributed by atoms with Crippen LogP contribution in [0.5, 0.6) is 5.88 Å². The number of hydrogen-bond donors (Lipinski definition) is 0. The molecule has 2 heterocycles. The van der Waals surface area contributed by atoms with Gasteiger partial charge in [-0.2, -0.15) is 0 Å². The molecule has 0 fully saturated rings. The van der Waals surface area contributed by atoms with E-state index in [0.717, 1.165) is 12.8 Å². The Balaban J connectivity index is 2.75. The van der Waals surface area contributed by atoms with Crippen LogP contribution in [0.1, 0.15) is 39.2 Å². The number of hydrogen-bond acceptors (Lipinski definition) is 3. The predicted octanol–water partition coefficient (Wildman–Crippen LogP) is 1.71. The fraction of sp³-hybridized carbons (Fsp3) is 0.533. The van der Waals surface area contributed by atoms with Gasteiger partial charge in [0.25, 0.3) is 0 Å². The molecule has 2 aromatic heterocycles. The second-order valence-electron chi connectivity index (χ2n) is 5.62. The molecule has 0 bridgehead atoms. The van der Waals surface area contributed by atoms with E-state index >= 15 is 0 Å². The van der Waals surface area contributed by atoms with Crippen LogP contribution < -0.4 is 15.2 Å². The highest BCUT2D eigenvalue weighted by atomic mass is 35.5. The molecule has 0 aliphatic rings. The van der Waals surface area contributed by atoms with Gasteiger partial charge in [0.05, 0.1) is 18.0 Å². The summed E-state index contributed by atoms with van der Waals surface area (Å²) in [5.74, 6) is 0.0879. The molecule has 0 saturated carbocycles. The van der Waals surface area contributed by atoms with Crippen molar-refractivity contribution >= 4 is 17.2 Å². The fourth-order valence-electron chi connectivity index (χ4n) is 2.34. The maximum atomic E-state index is 12.6. The van der Waals surface area contributed by atoms with Crippen molar-refractivity contribution in [2.24, 2.45) is 5.92 Å². The normalized spacial score (nSPS) is 11.5. The number of rotatable bonds is 5. The molecule has 21 heavy (non-hydrogen) atoms. The van der Waals surface area contributed by atoms with Crippen molar-refractivity contribution in [3.05, 3.63) is 33.2 Å². The molecule has 0 aliphatic heterocycles. The SMILES string of the molecule is CCCCc1c([O-])[n+](CC(C)C)c2ccc(Cl)nn2c1=O. The highest BCUT2D eigenvalue weighted by Crippen LogP contribution is 2.12. The van der Waals surface area contributed by atoms with Crippen LogP contribution in [-0.2, 0) is 13.0 Å². The first-order chi connectivity index (χ1) is 9.95. The number of halogens is 1. The molecule has 0 N–H and O–H groups in total. The van der Waals surface area contributed by atoms with Crippen molar-refractivity contribution in [2.75, 3.05) is 0 Å². The number of nitrogens with zero attached hydrogens (tertiary/aromatic N) is 3. The molecule has 0 radical (unpaired) electrons. The third kappa shape index (κ3) is 3.18. The van der Waals surface area contributed by atoms with Crippen LogP contribution in [0.15, 0.2) is 16.9 Å². The molecule has 0 saturated heterocycles. The maximum absolute atomic E-state index is 12.6. The smallest absolute Gasteiger partial charge is 0.365 e. The van der Waals surface area contributed by atoms with Crippen LogP contribution in [0.3, 0.4) is 0 Å². The molecule has 0 spiro atoms. The standard InChI is InChI=1S/C15H20ClN3O2/c1-4-5-6-11-14(20)18(9-10(2)3)13-8-7-12(16)17-19(13)15(11)21/h7-8,10H,4-6,9H2,1-3H3. The average Bonchev–Trinajstić information content (AvgIpc) is 2.43. The zero-order valence-electron chi connectivity index (χ0n) is 12.6. The molecular formula is C15H20ClN3O2. The van der Waals surface area contributed by atoms with Gasteiger partial charge in [-0.1, -0.05) is 48.4 Å². The third-order valence-corrected chi connectivity index (χ3v) is 3.54. The van der Waals surface area contributed by atoms with E-state index < -0.39 is 0 Å². The van der Waals surface area contributed by atoms with Gasteiger partial charge in [-0.3, -0.25) is 0 Å². The monoisotopic (exact) mass is 309 g/mol. The minimum atomic E-state index is -0.356. The van der Waals surface area contributed by atoms with Crippen molar-refractivity contribution in [2.45, 2.75) is 46.6 Å². The van der Waals surface area contributed by atoms with Gasteiger partial charge in [0.2, 0.25) is 0 Å². The van der Waals surface area contributed by atoms with Crippen LogP contribution in [0.2, 0.25) is 5.15 Å². The fourth-order valence-corrected chi connectivity index (χ4v) is 2.48. The number of fused-ring (bicyclic) bond motifs is 1. The highest BCUT2D eigenvalue weighted by molar-refractivity contribution is 6.29. The lowest BCUT2D eigenvalue weighted by molar-refractivity contribution is -0.721. The van der Waals surface area contributed by atoms with E-state index in [9.17, 15) is 9.90 Å². The van der Waals surface area contributed by atoms with Crippen LogP contribution in [-0.4, -0.2) is 9.61 Å². The van der Waals surface area contributed by atoms with Crippen molar-refractivity contribution < 1.29 is 9.67 Å². The number of unbranched alkanes of at least 4 members (excludes halogenated alkanes) is 1. The first-order valence-corrected chi connectivity index (χ1v) is 7.64. The van der Waals surface area contributed by atoms with Gasteiger partial charge in [-0.05, 0) is 24.8 Å². The minimum Gasteiger partial charge on any atom is -0.842 e. The van der Waals surface area contributed by atoms with Gasteiger partial charge in [0.15, 0.2) is 5.15 Å². The van der Waals surface area contributed by atoms with Crippen molar-refractivity contribution in [3.8, 4) is 5.88 Å². The Morgan fingerprint density at radius 3 is 2.76 bits per heavy atom. The van der Waals surface area contributed by atoms with E-state index in [1.807, 2.05) is 20.8 Å². The summed E-state index contributed by atoms with van der Waals surface area (Å²) in [5.41, 5.74) is 0.430. The average molecular weight is 310 g/mol. The predicted molar refractivity (Wildman–Crippen MR) is 79.6 cm³/mol. The first kappa shape index (κ1) is 15.8. The summed E-state index contributed by atoms with van der Waals surface area (Å²) < 4.78 is 2.87. The second kappa shape index (κ2) is 6.43. The molecule has 2 aromatic rings. The van der Waals surface area contributed by atoms with E-state index in [4.69, 9.17) is 11.6 Å². The Morgan fingerprint density at radius 1 is 1.43 bits per heavy atom. The molecule has 0 atom stereocenters. The Kier molecular flexibility index (Phi) is 4.83. The molecule has 114 valence electrons. The summed E-state index contributed by atoms with van der Waals surface area (Å²) in [6.07, 6.45) is 2.21. The zero-order chi connectivity index (χ0) is 15.6. The Hall–Kier alpha value is -1.62. The summed E-state index contributed by atoms with van der Waals surface area (Å²) >= 11 is 5.89. The van der Waals surface area contributed by atoms with E-state index in [2.05, 4.69) is 5.10 Å². The summed E-state index contributed by atoms with van der Waals surface area (Å²) in [5, 5.41) is 16.9. The van der Waals surface area contributed by atoms with E-state index in [0.29, 0.717) is 30.1 Å². The van der Waals surface area contributed by atoms with Crippen LogP contribution in [0.25, 0.3) is 5.65 Å². The summed E-state index contributed by atoms with van der Waals surface area (Å²) in [4.78, 5) is 12.5. The van der Waals surface area contributed by atoms with Crippen LogP contribution >= 0.6 is 11.6 Å². The van der Waals surface area contributed by atoms with E-state index in [1.54, 1.807) is 16.7 Å². The number of aromatic nitrogens is 3. The maximum Gasteiger partial charge on any atom is 0.365 e. The Labute approximate surface area is 128 Å². The van der Waals surface area contributed by atoms with Gasteiger partial charge in [-0.25, -0.2) is 9.36 Å². The van der Waals surface area contributed by atoms with Gasteiger partial charge < -0.3 is 5.11 Å². The lowest BCUT2D eigenvalue weighted by atomic mass is 10.1. The highest BCUT2D eigenvalue weighted by Gasteiger charge is 2.20. The topological polar surface area (TPSA) is 61.3 Å².